The van der Waals surface area contributed by atoms with Gasteiger partial charge in [0.25, 0.3) is 0 Å². The minimum absolute atomic E-state index is 0.220. The van der Waals surface area contributed by atoms with E-state index in [1.807, 2.05) is 19.9 Å². The lowest BCUT2D eigenvalue weighted by Crippen LogP contribution is -2.19. The van der Waals surface area contributed by atoms with Crippen LogP contribution >= 0.6 is 11.6 Å². The molecule has 1 aromatic rings. The van der Waals surface area contributed by atoms with Gasteiger partial charge in [0.15, 0.2) is 0 Å². The molecule has 96 valence electrons. The van der Waals surface area contributed by atoms with Crippen molar-refractivity contribution in [3.63, 3.8) is 0 Å². The van der Waals surface area contributed by atoms with Crippen LogP contribution in [-0.4, -0.2) is 35.2 Å². The maximum atomic E-state index is 9.08. The molecule has 2 N–H and O–H groups in total. The highest BCUT2D eigenvalue weighted by Crippen LogP contribution is 2.25. The van der Waals surface area contributed by atoms with Crippen molar-refractivity contribution in [3.8, 4) is 0 Å². The summed E-state index contributed by atoms with van der Waals surface area (Å²) in [5.41, 5.74) is 1.20. The monoisotopic (exact) mass is 267 g/mol. The quantitative estimate of drug-likeness (QED) is 0.645. The van der Waals surface area contributed by atoms with Crippen LogP contribution in [0.5, 0.6) is 0 Å². The fraction of sp³-hybridized carbons (Fsp3) is 0.417. The predicted octanol–water partition coefficient (Wildman–Crippen LogP) is 1.53. The molecular formula is C12H15BClNO3. The summed E-state index contributed by atoms with van der Waals surface area (Å²) >= 11 is 5.90. The van der Waals surface area contributed by atoms with Crippen molar-refractivity contribution in [3.05, 3.63) is 35.4 Å². The van der Waals surface area contributed by atoms with E-state index in [0.717, 1.165) is 5.56 Å². The van der Waals surface area contributed by atoms with Crippen molar-refractivity contribution in [2.45, 2.75) is 24.7 Å². The topological polar surface area (TPSA) is 62.0 Å². The Morgan fingerprint density at radius 2 is 2.17 bits per heavy atom. The second-order valence-electron chi connectivity index (χ2n) is 4.96. The van der Waals surface area contributed by atoms with Gasteiger partial charge >= 0.3 is 7.12 Å². The van der Waals surface area contributed by atoms with Gasteiger partial charge < -0.3 is 14.8 Å². The van der Waals surface area contributed by atoms with Crippen molar-refractivity contribution in [1.29, 1.82) is 0 Å². The lowest BCUT2D eigenvalue weighted by Gasteiger charge is -2.09. The van der Waals surface area contributed by atoms with Gasteiger partial charge in [-0.05, 0) is 31.5 Å². The lowest BCUT2D eigenvalue weighted by atomic mass is 9.81. The Labute approximate surface area is 111 Å². The van der Waals surface area contributed by atoms with E-state index in [0.29, 0.717) is 18.1 Å². The number of nitrogens with zero attached hydrogens (tertiary/aromatic N) is 1. The highest BCUT2D eigenvalue weighted by Gasteiger charge is 2.28. The largest absolute Gasteiger partial charge is 0.475 e. The van der Waals surface area contributed by atoms with Gasteiger partial charge in [-0.15, -0.1) is 11.6 Å². The number of ether oxygens (including phenoxy) is 1. The van der Waals surface area contributed by atoms with Crippen LogP contribution < -0.4 is 0 Å². The Morgan fingerprint density at radius 3 is 2.72 bits per heavy atom. The van der Waals surface area contributed by atoms with Crippen molar-refractivity contribution in [1.82, 2.24) is 0 Å². The Bertz CT molecular complexity index is 476. The van der Waals surface area contributed by atoms with Crippen LogP contribution in [-0.2, 0) is 4.74 Å². The summed E-state index contributed by atoms with van der Waals surface area (Å²) in [6.07, 6.45) is 0. The molecule has 0 aliphatic carbocycles. The second kappa shape index (κ2) is 4.92. The van der Waals surface area contributed by atoms with Crippen molar-refractivity contribution in [2.75, 3.05) is 6.61 Å². The number of halogens is 1. The van der Waals surface area contributed by atoms with Crippen molar-refractivity contribution < 1.29 is 14.8 Å². The Balaban J connectivity index is 2.29. The molecule has 1 aliphatic heterocycles. The number of aliphatic imine (C=N–C) groups is 1. The summed E-state index contributed by atoms with van der Waals surface area (Å²) in [7, 11) is -1.59. The number of rotatable bonds is 3. The molecule has 0 saturated heterocycles. The van der Waals surface area contributed by atoms with E-state index >= 15 is 0 Å². The first-order valence-corrected chi connectivity index (χ1v) is 6.16. The zero-order valence-electron chi connectivity index (χ0n) is 10.3. The van der Waals surface area contributed by atoms with Crippen LogP contribution in [0.2, 0.25) is 0 Å². The van der Waals surface area contributed by atoms with Crippen molar-refractivity contribution in [2.24, 2.45) is 4.99 Å². The van der Waals surface area contributed by atoms with E-state index in [1.165, 1.54) is 0 Å². The third-order valence-corrected chi connectivity index (χ3v) is 3.16. The summed E-state index contributed by atoms with van der Waals surface area (Å²) in [5, 5.41) is 17.3. The molecule has 0 bridgehead atoms. The van der Waals surface area contributed by atoms with E-state index < -0.39 is 12.4 Å². The minimum Gasteiger partial charge on any atom is -0.475 e. The molecule has 0 unspecified atom stereocenters. The molecule has 18 heavy (non-hydrogen) atoms. The van der Waals surface area contributed by atoms with Crippen molar-refractivity contribution >= 4 is 24.6 Å². The molecule has 0 spiro atoms. The maximum absolute atomic E-state index is 9.08. The van der Waals surface area contributed by atoms with E-state index in [-0.39, 0.29) is 5.54 Å². The third-order valence-electron chi connectivity index (χ3n) is 2.68. The van der Waals surface area contributed by atoms with E-state index in [1.54, 1.807) is 18.2 Å². The predicted molar refractivity (Wildman–Crippen MR) is 71.8 cm³/mol. The molecule has 0 aromatic heterocycles. The molecule has 1 heterocycles. The highest BCUT2D eigenvalue weighted by molar-refractivity contribution is 6.56. The van der Waals surface area contributed by atoms with Crippen LogP contribution in [0.25, 0.3) is 0 Å². The van der Waals surface area contributed by atoms with Gasteiger partial charge in [-0.25, -0.2) is 4.99 Å². The van der Waals surface area contributed by atoms with E-state index in [4.69, 9.17) is 26.4 Å². The summed E-state index contributed by atoms with van der Waals surface area (Å²) in [6, 6.07) is 7.15. The van der Waals surface area contributed by atoms with Crippen LogP contribution in [0, 0.1) is 0 Å². The zero-order valence-corrected chi connectivity index (χ0v) is 11.1. The normalized spacial score (nSPS) is 19.1. The Morgan fingerprint density at radius 1 is 1.44 bits per heavy atom. The molecule has 0 radical (unpaired) electrons. The molecule has 6 heteroatoms. The average molecular weight is 268 g/mol. The molecule has 2 rings (SSSR count). The van der Waals surface area contributed by atoms with Gasteiger partial charge in [0.1, 0.15) is 6.61 Å². The van der Waals surface area contributed by atoms with E-state index in [2.05, 4.69) is 4.99 Å². The van der Waals surface area contributed by atoms with Crippen LogP contribution in [0.1, 0.15) is 30.3 Å². The summed E-state index contributed by atoms with van der Waals surface area (Å²) in [6.45, 7) is 4.52. The van der Waals surface area contributed by atoms with Gasteiger partial charge in [0.05, 0.1) is 10.8 Å². The van der Waals surface area contributed by atoms with Gasteiger partial charge in [0.2, 0.25) is 5.90 Å². The summed E-state index contributed by atoms with van der Waals surface area (Å²) < 4.78 is 5.53. The lowest BCUT2D eigenvalue weighted by molar-refractivity contribution is 0.279. The highest BCUT2D eigenvalue weighted by atomic mass is 35.5. The second-order valence-corrected chi connectivity index (χ2v) is 5.43. The fourth-order valence-electron chi connectivity index (χ4n) is 1.75. The molecular weight excluding hydrogens is 252 g/mol. The molecule has 1 aliphatic rings. The first-order valence-electron chi connectivity index (χ1n) is 5.72. The van der Waals surface area contributed by atoms with Gasteiger partial charge in [-0.2, -0.15) is 0 Å². The molecule has 4 nitrogen and oxygen atoms in total. The number of hydrogen-bond donors (Lipinski definition) is 2. The average Bonchev–Trinajstić information content (AvgIpc) is 2.69. The smallest absolute Gasteiger partial charge is 0.475 e. The SMILES string of the molecule is CC1(C)COC(c2cccc([C@@H](Cl)B(O)O)c2)=N1. The summed E-state index contributed by atoms with van der Waals surface area (Å²) in [4.78, 5) is 4.46. The van der Waals surface area contributed by atoms with E-state index in [9.17, 15) is 0 Å². The third kappa shape index (κ3) is 2.86. The standard InChI is InChI=1S/C12H15BClNO3/c1-12(2)7-18-11(15-12)9-5-3-4-8(6-9)10(14)13(16)17/h3-6,10,16-17H,7H2,1-2H3/t10-/m1/s1. The van der Waals surface area contributed by atoms with Crippen LogP contribution in [0.3, 0.4) is 0 Å². The minimum atomic E-state index is -1.59. The zero-order chi connectivity index (χ0) is 13.3. The van der Waals surface area contributed by atoms with Gasteiger partial charge in [0, 0.05) is 5.56 Å². The first kappa shape index (κ1) is 13.4. The first-order chi connectivity index (χ1) is 8.39. The van der Waals surface area contributed by atoms with Gasteiger partial charge in [-0.1, -0.05) is 12.1 Å². The van der Waals surface area contributed by atoms with Gasteiger partial charge in [-0.3, -0.25) is 0 Å². The molecule has 0 fully saturated rings. The van der Waals surface area contributed by atoms with Crippen LogP contribution in [0.15, 0.2) is 29.3 Å². The maximum Gasteiger partial charge on any atom is 0.475 e. The number of alkyl halides is 1. The molecule has 0 amide bonds. The number of benzene rings is 1. The summed E-state index contributed by atoms with van der Waals surface area (Å²) in [5.74, 6) is 0.568. The molecule has 1 atom stereocenters. The Hall–Kier alpha value is -1.04. The number of hydrogen-bond acceptors (Lipinski definition) is 4. The Kier molecular flexibility index (Phi) is 3.66. The molecule has 0 saturated carbocycles. The fourth-order valence-corrected chi connectivity index (χ4v) is 1.88. The van der Waals surface area contributed by atoms with Crippen LogP contribution in [0.4, 0.5) is 0 Å². The molecule has 1 aromatic carbocycles.